The third-order valence-corrected chi connectivity index (χ3v) is 6.65. The molecule has 1 amide bonds. The highest BCUT2D eigenvalue weighted by Crippen LogP contribution is 2.41. The summed E-state index contributed by atoms with van der Waals surface area (Å²) in [6.45, 7) is 0. The zero-order chi connectivity index (χ0) is 20.5. The van der Waals surface area contributed by atoms with Gasteiger partial charge in [-0.1, -0.05) is 6.07 Å². The molecule has 2 heterocycles. The second-order valence-corrected chi connectivity index (χ2v) is 9.04. The Hall–Kier alpha value is -2.45. The van der Waals surface area contributed by atoms with E-state index in [1.165, 1.54) is 17.7 Å². The molecule has 0 unspecified atom stereocenters. The number of hydrogen-bond acceptors (Lipinski definition) is 7. The summed E-state index contributed by atoms with van der Waals surface area (Å²) in [7, 11) is 7.66. The van der Waals surface area contributed by atoms with Crippen molar-refractivity contribution in [2.24, 2.45) is 0 Å². The first-order valence-corrected chi connectivity index (χ1v) is 10.7. The molecule has 3 aromatic rings. The van der Waals surface area contributed by atoms with Crippen molar-refractivity contribution in [2.75, 3.05) is 33.5 Å². The van der Waals surface area contributed by atoms with Gasteiger partial charge in [-0.05, 0) is 51.9 Å². The van der Waals surface area contributed by atoms with Crippen LogP contribution in [0.4, 0.5) is 10.6 Å². The number of fused-ring (bicyclic) bond motifs is 3. The Morgan fingerprint density at radius 3 is 2.55 bits per heavy atom. The van der Waals surface area contributed by atoms with Crippen LogP contribution in [0.5, 0.6) is 5.75 Å². The number of ether oxygens (including phenoxy) is 1. The first-order chi connectivity index (χ1) is 13.9. The SMILES string of the molecule is CN(C)C(=O)Oc1cccc2sc3ncnc(N[C@H]4CC[C@H](N(C)C)CC4)c3c12. The van der Waals surface area contributed by atoms with Crippen LogP contribution in [0.15, 0.2) is 24.5 Å². The van der Waals surface area contributed by atoms with Crippen LogP contribution < -0.4 is 10.1 Å². The Morgan fingerprint density at radius 2 is 1.86 bits per heavy atom. The maximum atomic E-state index is 12.2. The fourth-order valence-electron chi connectivity index (χ4n) is 3.93. The molecule has 8 heteroatoms. The minimum atomic E-state index is -0.398. The Kier molecular flexibility index (Phi) is 5.56. The second-order valence-electron chi connectivity index (χ2n) is 8.01. The van der Waals surface area contributed by atoms with Crippen molar-refractivity contribution in [3.63, 3.8) is 0 Å². The van der Waals surface area contributed by atoms with Gasteiger partial charge in [-0.15, -0.1) is 11.3 Å². The number of carbonyl (C=O) groups excluding carboxylic acids is 1. The number of hydrogen-bond donors (Lipinski definition) is 1. The first-order valence-electron chi connectivity index (χ1n) is 9.92. The van der Waals surface area contributed by atoms with E-state index in [1.54, 1.807) is 31.8 Å². The maximum absolute atomic E-state index is 12.2. The van der Waals surface area contributed by atoms with Crippen LogP contribution in [-0.2, 0) is 0 Å². The molecule has 154 valence electrons. The van der Waals surface area contributed by atoms with Crippen molar-refractivity contribution in [1.82, 2.24) is 19.8 Å². The molecule has 7 nitrogen and oxygen atoms in total. The Balaban J connectivity index is 1.69. The van der Waals surface area contributed by atoms with E-state index in [2.05, 4.69) is 34.3 Å². The average molecular weight is 414 g/mol. The Morgan fingerprint density at radius 1 is 1.10 bits per heavy atom. The summed E-state index contributed by atoms with van der Waals surface area (Å²) in [6.07, 6.45) is 5.78. The van der Waals surface area contributed by atoms with E-state index in [-0.39, 0.29) is 0 Å². The van der Waals surface area contributed by atoms with E-state index >= 15 is 0 Å². The highest BCUT2D eigenvalue weighted by atomic mass is 32.1. The quantitative estimate of drug-likeness (QED) is 0.692. The highest BCUT2D eigenvalue weighted by molar-refractivity contribution is 7.25. The van der Waals surface area contributed by atoms with Crippen molar-refractivity contribution in [2.45, 2.75) is 37.8 Å². The average Bonchev–Trinajstić information content (AvgIpc) is 3.09. The molecule has 1 aliphatic rings. The van der Waals surface area contributed by atoms with E-state index in [1.807, 2.05) is 18.2 Å². The number of benzene rings is 1. The maximum Gasteiger partial charge on any atom is 0.414 e. The minimum Gasteiger partial charge on any atom is -0.409 e. The predicted octanol–water partition coefficient (Wildman–Crippen LogP) is 4.19. The van der Waals surface area contributed by atoms with Gasteiger partial charge in [-0.25, -0.2) is 14.8 Å². The van der Waals surface area contributed by atoms with Gasteiger partial charge in [0.1, 0.15) is 22.7 Å². The number of thiophene rings is 1. The standard InChI is InChI=1S/C21H27N5O2S/c1-25(2)14-10-8-13(9-11-14)24-19-18-17-15(28-21(27)26(3)4)6-5-7-16(17)29-20(18)23-12-22-19/h5-7,12-14H,8-11H2,1-4H3,(H,22,23,24)/t13-,14-. The third kappa shape index (κ3) is 4.00. The lowest BCUT2D eigenvalue weighted by molar-refractivity contribution is 0.172. The van der Waals surface area contributed by atoms with E-state index in [0.29, 0.717) is 17.8 Å². The second kappa shape index (κ2) is 8.12. The highest BCUT2D eigenvalue weighted by Gasteiger charge is 2.24. The Labute approximate surface area is 174 Å². The lowest BCUT2D eigenvalue weighted by Crippen LogP contribution is -2.36. The van der Waals surface area contributed by atoms with Gasteiger partial charge in [-0.3, -0.25) is 0 Å². The van der Waals surface area contributed by atoms with Crippen molar-refractivity contribution in [1.29, 1.82) is 0 Å². The molecule has 4 rings (SSSR count). The molecule has 0 spiro atoms. The molecule has 0 aliphatic heterocycles. The molecule has 0 bridgehead atoms. The van der Waals surface area contributed by atoms with Crippen molar-refractivity contribution in [3.8, 4) is 5.75 Å². The number of anilines is 1. The van der Waals surface area contributed by atoms with Gasteiger partial charge in [-0.2, -0.15) is 0 Å². The molecular weight excluding hydrogens is 386 g/mol. The molecule has 1 saturated carbocycles. The molecule has 1 aliphatic carbocycles. The summed E-state index contributed by atoms with van der Waals surface area (Å²) in [4.78, 5) is 25.8. The van der Waals surface area contributed by atoms with Gasteiger partial charge in [0.25, 0.3) is 0 Å². The topological polar surface area (TPSA) is 70.6 Å². The number of rotatable bonds is 4. The van der Waals surface area contributed by atoms with Crippen molar-refractivity contribution < 1.29 is 9.53 Å². The van der Waals surface area contributed by atoms with Crippen LogP contribution in [0.1, 0.15) is 25.7 Å². The van der Waals surface area contributed by atoms with Gasteiger partial charge in [0, 0.05) is 36.3 Å². The molecule has 2 aromatic heterocycles. The third-order valence-electron chi connectivity index (χ3n) is 5.59. The normalized spacial score (nSPS) is 19.6. The van der Waals surface area contributed by atoms with Gasteiger partial charge in [0.05, 0.1) is 5.39 Å². The lowest BCUT2D eigenvalue weighted by Gasteiger charge is -2.33. The lowest BCUT2D eigenvalue weighted by atomic mass is 9.90. The summed E-state index contributed by atoms with van der Waals surface area (Å²) in [5, 5.41) is 5.48. The van der Waals surface area contributed by atoms with Gasteiger partial charge in [0.15, 0.2) is 0 Å². The summed E-state index contributed by atoms with van der Waals surface area (Å²) >= 11 is 1.59. The zero-order valence-electron chi connectivity index (χ0n) is 17.3. The van der Waals surface area contributed by atoms with Crippen molar-refractivity contribution in [3.05, 3.63) is 24.5 Å². The van der Waals surface area contributed by atoms with E-state index < -0.39 is 6.09 Å². The molecule has 0 saturated heterocycles. The predicted molar refractivity (Wildman–Crippen MR) is 118 cm³/mol. The number of carbonyl (C=O) groups is 1. The van der Waals surface area contributed by atoms with Crippen molar-refractivity contribution >= 4 is 43.6 Å². The van der Waals surface area contributed by atoms with Crippen LogP contribution in [0.3, 0.4) is 0 Å². The molecule has 29 heavy (non-hydrogen) atoms. The number of aromatic nitrogens is 2. The largest absolute Gasteiger partial charge is 0.414 e. The molecule has 1 N–H and O–H groups in total. The van der Waals surface area contributed by atoms with Crippen LogP contribution in [0.25, 0.3) is 20.3 Å². The number of nitrogens with zero attached hydrogens (tertiary/aromatic N) is 4. The fourth-order valence-corrected chi connectivity index (χ4v) is 4.99. The summed E-state index contributed by atoms with van der Waals surface area (Å²) in [5.74, 6) is 1.37. The van der Waals surface area contributed by atoms with Crippen LogP contribution in [0.2, 0.25) is 0 Å². The van der Waals surface area contributed by atoms with E-state index in [4.69, 9.17) is 4.74 Å². The summed E-state index contributed by atoms with van der Waals surface area (Å²) in [6, 6.07) is 6.79. The molecule has 1 aromatic carbocycles. The molecule has 1 fully saturated rings. The van der Waals surface area contributed by atoms with Gasteiger partial charge in [0.2, 0.25) is 0 Å². The van der Waals surface area contributed by atoms with Crippen LogP contribution >= 0.6 is 11.3 Å². The smallest absolute Gasteiger partial charge is 0.409 e. The summed E-state index contributed by atoms with van der Waals surface area (Å²) in [5.41, 5.74) is 0. The van der Waals surface area contributed by atoms with E-state index in [0.717, 1.165) is 39.0 Å². The molecule has 0 radical (unpaired) electrons. The van der Waals surface area contributed by atoms with Gasteiger partial charge < -0.3 is 19.9 Å². The number of nitrogens with one attached hydrogen (secondary N) is 1. The zero-order valence-corrected chi connectivity index (χ0v) is 18.1. The minimum absolute atomic E-state index is 0.385. The molecular formula is C21H27N5O2S. The Bertz CT molecular complexity index is 1020. The molecule has 0 atom stereocenters. The van der Waals surface area contributed by atoms with Crippen LogP contribution in [-0.4, -0.2) is 66.1 Å². The number of amides is 1. The monoisotopic (exact) mass is 413 g/mol. The van der Waals surface area contributed by atoms with Gasteiger partial charge >= 0.3 is 6.09 Å². The van der Waals surface area contributed by atoms with E-state index in [9.17, 15) is 4.79 Å². The van der Waals surface area contributed by atoms with Crippen LogP contribution in [0, 0.1) is 0 Å². The fraction of sp³-hybridized carbons (Fsp3) is 0.476. The first kappa shape index (κ1) is 19.8. The summed E-state index contributed by atoms with van der Waals surface area (Å²) < 4.78 is 6.68.